The summed E-state index contributed by atoms with van der Waals surface area (Å²) in [6, 6.07) is 9.73. The van der Waals surface area contributed by atoms with E-state index in [1.54, 1.807) is 7.11 Å². The monoisotopic (exact) mass is 290 g/mol. The van der Waals surface area contributed by atoms with E-state index in [0.717, 1.165) is 16.3 Å². The number of aryl methyl sites for hydroxylation is 1. The Hall–Kier alpha value is -1.72. The van der Waals surface area contributed by atoms with Gasteiger partial charge in [-0.25, -0.2) is 4.98 Å². The summed E-state index contributed by atoms with van der Waals surface area (Å²) >= 11 is 1.41. The number of ether oxygens (including phenoxy) is 1. The Morgan fingerprint density at radius 3 is 2.75 bits per heavy atom. The van der Waals surface area contributed by atoms with Crippen LogP contribution in [0.2, 0.25) is 0 Å². The summed E-state index contributed by atoms with van der Waals surface area (Å²) in [4.78, 5) is 17.5. The SMILES string of the molecule is COCC(C)NC(=O)c1sc(C)nc1-c1ccccc1. The summed E-state index contributed by atoms with van der Waals surface area (Å²) in [5, 5.41) is 3.81. The molecular formula is C15H18N2O2S. The minimum absolute atomic E-state index is 0.0291. The minimum atomic E-state index is -0.0981. The van der Waals surface area contributed by atoms with Gasteiger partial charge in [-0.3, -0.25) is 4.79 Å². The van der Waals surface area contributed by atoms with Crippen molar-refractivity contribution >= 4 is 17.2 Å². The number of hydrogen-bond donors (Lipinski definition) is 1. The molecule has 1 amide bonds. The Kier molecular flexibility index (Phi) is 4.87. The fraction of sp³-hybridized carbons (Fsp3) is 0.333. The second-order valence-corrected chi connectivity index (χ2v) is 5.81. The standard InChI is InChI=1S/C15H18N2O2S/c1-10(9-19-3)16-15(18)14-13(17-11(2)20-14)12-7-5-4-6-8-12/h4-8,10H,9H2,1-3H3,(H,16,18). The fourth-order valence-corrected chi connectivity index (χ4v) is 2.80. The topological polar surface area (TPSA) is 51.2 Å². The second kappa shape index (κ2) is 6.63. The summed E-state index contributed by atoms with van der Waals surface area (Å²) in [6.45, 7) is 4.31. The molecule has 1 unspecified atom stereocenters. The van der Waals surface area contributed by atoms with Gasteiger partial charge in [0, 0.05) is 18.7 Å². The number of carbonyl (C=O) groups excluding carboxylic acids is 1. The van der Waals surface area contributed by atoms with Crippen molar-refractivity contribution in [3.63, 3.8) is 0 Å². The lowest BCUT2D eigenvalue weighted by molar-refractivity contribution is 0.0910. The first-order valence-corrected chi connectivity index (χ1v) is 7.26. The zero-order chi connectivity index (χ0) is 14.5. The molecule has 2 rings (SSSR count). The van der Waals surface area contributed by atoms with Crippen LogP contribution in [-0.2, 0) is 4.74 Å². The van der Waals surface area contributed by atoms with E-state index in [2.05, 4.69) is 10.3 Å². The molecular weight excluding hydrogens is 272 g/mol. The number of aromatic nitrogens is 1. The van der Waals surface area contributed by atoms with Crippen LogP contribution in [0.3, 0.4) is 0 Å². The molecule has 5 heteroatoms. The van der Waals surface area contributed by atoms with Gasteiger partial charge in [-0.1, -0.05) is 30.3 Å². The third-order valence-corrected chi connectivity index (χ3v) is 3.75. The van der Waals surface area contributed by atoms with Crippen LogP contribution in [0.25, 0.3) is 11.3 Å². The van der Waals surface area contributed by atoms with Gasteiger partial charge in [0.1, 0.15) is 4.88 Å². The van der Waals surface area contributed by atoms with Gasteiger partial charge in [0.25, 0.3) is 5.91 Å². The number of nitrogens with zero attached hydrogens (tertiary/aromatic N) is 1. The molecule has 0 aliphatic heterocycles. The maximum absolute atomic E-state index is 12.3. The Morgan fingerprint density at radius 2 is 2.10 bits per heavy atom. The molecule has 20 heavy (non-hydrogen) atoms. The molecule has 0 aliphatic rings. The second-order valence-electron chi connectivity index (χ2n) is 4.61. The number of hydrogen-bond acceptors (Lipinski definition) is 4. The fourth-order valence-electron chi connectivity index (χ4n) is 1.95. The van der Waals surface area contributed by atoms with Gasteiger partial charge in [-0.15, -0.1) is 11.3 Å². The first kappa shape index (κ1) is 14.7. The third kappa shape index (κ3) is 3.43. The minimum Gasteiger partial charge on any atom is -0.383 e. The van der Waals surface area contributed by atoms with Crippen molar-refractivity contribution in [1.29, 1.82) is 0 Å². The van der Waals surface area contributed by atoms with E-state index in [1.165, 1.54) is 11.3 Å². The van der Waals surface area contributed by atoms with Crippen molar-refractivity contribution in [3.05, 3.63) is 40.2 Å². The molecule has 2 aromatic rings. The lowest BCUT2D eigenvalue weighted by atomic mass is 10.1. The van der Waals surface area contributed by atoms with Crippen molar-refractivity contribution < 1.29 is 9.53 Å². The maximum Gasteiger partial charge on any atom is 0.263 e. The van der Waals surface area contributed by atoms with Crippen LogP contribution in [0.4, 0.5) is 0 Å². The maximum atomic E-state index is 12.3. The lowest BCUT2D eigenvalue weighted by Gasteiger charge is -2.12. The average molecular weight is 290 g/mol. The van der Waals surface area contributed by atoms with E-state index in [-0.39, 0.29) is 11.9 Å². The van der Waals surface area contributed by atoms with E-state index in [1.807, 2.05) is 44.2 Å². The highest BCUT2D eigenvalue weighted by atomic mass is 32.1. The van der Waals surface area contributed by atoms with Gasteiger partial charge < -0.3 is 10.1 Å². The van der Waals surface area contributed by atoms with Gasteiger partial charge >= 0.3 is 0 Å². The zero-order valence-corrected chi connectivity index (χ0v) is 12.7. The van der Waals surface area contributed by atoms with Crippen LogP contribution in [-0.4, -0.2) is 30.6 Å². The summed E-state index contributed by atoms with van der Waals surface area (Å²) in [5.41, 5.74) is 1.71. The number of carbonyl (C=O) groups is 1. The van der Waals surface area contributed by atoms with Crippen molar-refractivity contribution in [1.82, 2.24) is 10.3 Å². The van der Waals surface area contributed by atoms with Crippen LogP contribution in [0.1, 0.15) is 21.6 Å². The summed E-state index contributed by atoms with van der Waals surface area (Å²) in [5.74, 6) is -0.0981. The lowest BCUT2D eigenvalue weighted by Crippen LogP contribution is -2.35. The highest BCUT2D eigenvalue weighted by Gasteiger charge is 2.19. The van der Waals surface area contributed by atoms with E-state index in [9.17, 15) is 4.79 Å². The largest absolute Gasteiger partial charge is 0.383 e. The van der Waals surface area contributed by atoms with Crippen molar-refractivity contribution in [2.24, 2.45) is 0 Å². The summed E-state index contributed by atoms with van der Waals surface area (Å²) in [7, 11) is 1.62. The van der Waals surface area contributed by atoms with Crippen molar-refractivity contribution in [2.75, 3.05) is 13.7 Å². The highest BCUT2D eigenvalue weighted by molar-refractivity contribution is 7.14. The average Bonchev–Trinajstić information content (AvgIpc) is 2.82. The van der Waals surface area contributed by atoms with Gasteiger partial charge in [0.2, 0.25) is 0 Å². The third-order valence-electron chi connectivity index (χ3n) is 2.78. The van der Waals surface area contributed by atoms with Crippen LogP contribution >= 0.6 is 11.3 Å². The van der Waals surface area contributed by atoms with Gasteiger partial charge in [-0.05, 0) is 13.8 Å². The molecule has 0 bridgehead atoms. The molecule has 1 heterocycles. The molecule has 0 fully saturated rings. The molecule has 4 nitrogen and oxygen atoms in total. The Labute approximate surface area is 122 Å². The molecule has 1 atom stereocenters. The molecule has 106 valence electrons. The van der Waals surface area contributed by atoms with Crippen LogP contribution < -0.4 is 5.32 Å². The normalized spacial score (nSPS) is 12.2. The van der Waals surface area contributed by atoms with Crippen LogP contribution in [0, 0.1) is 6.92 Å². The first-order valence-electron chi connectivity index (χ1n) is 6.44. The Morgan fingerprint density at radius 1 is 1.40 bits per heavy atom. The predicted octanol–water partition coefficient (Wildman–Crippen LogP) is 2.88. The van der Waals surface area contributed by atoms with Crippen molar-refractivity contribution in [2.45, 2.75) is 19.9 Å². The molecule has 1 N–H and O–H groups in total. The van der Waals surface area contributed by atoms with E-state index in [4.69, 9.17) is 4.74 Å². The predicted molar refractivity (Wildman–Crippen MR) is 81.1 cm³/mol. The van der Waals surface area contributed by atoms with E-state index < -0.39 is 0 Å². The van der Waals surface area contributed by atoms with Gasteiger partial charge in [0.15, 0.2) is 0 Å². The highest BCUT2D eigenvalue weighted by Crippen LogP contribution is 2.27. The van der Waals surface area contributed by atoms with E-state index >= 15 is 0 Å². The number of nitrogens with one attached hydrogen (secondary N) is 1. The first-order chi connectivity index (χ1) is 9.61. The smallest absolute Gasteiger partial charge is 0.263 e. The molecule has 1 aromatic heterocycles. The van der Waals surface area contributed by atoms with Crippen molar-refractivity contribution in [3.8, 4) is 11.3 Å². The number of thiazole rings is 1. The molecule has 0 saturated heterocycles. The molecule has 0 aliphatic carbocycles. The Balaban J connectivity index is 2.26. The zero-order valence-electron chi connectivity index (χ0n) is 11.8. The number of rotatable bonds is 5. The summed E-state index contributed by atoms with van der Waals surface area (Å²) < 4.78 is 5.03. The number of benzene rings is 1. The molecule has 0 radical (unpaired) electrons. The molecule has 0 spiro atoms. The Bertz CT molecular complexity index is 581. The van der Waals surface area contributed by atoms with Gasteiger partial charge in [-0.2, -0.15) is 0 Å². The van der Waals surface area contributed by atoms with Gasteiger partial charge in [0.05, 0.1) is 17.3 Å². The number of amides is 1. The number of methoxy groups -OCH3 is 1. The van der Waals surface area contributed by atoms with Crippen LogP contribution in [0.15, 0.2) is 30.3 Å². The summed E-state index contributed by atoms with van der Waals surface area (Å²) in [6.07, 6.45) is 0. The van der Waals surface area contributed by atoms with E-state index in [0.29, 0.717) is 11.5 Å². The molecule has 0 saturated carbocycles. The van der Waals surface area contributed by atoms with Crippen LogP contribution in [0.5, 0.6) is 0 Å². The quantitative estimate of drug-likeness (QED) is 0.921. The molecule has 1 aromatic carbocycles.